The number of carbonyl (C=O) groups is 2. The Morgan fingerprint density at radius 2 is 1.62 bits per heavy atom. The fraction of sp³-hybridized carbons (Fsp3) is 0.300. The van der Waals surface area contributed by atoms with Crippen LogP contribution in [0.25, 0.3) is 0 Å². The molecule has 2 aromatic carbocycles. The maximum atomic E-state index is 12.8. The molecule has 0 bridgehead atoms. The normalized spacial score (nSPS) is 22.1. The minimum absolute atomic E-state index is 0.196. The summed E-state index contributed by atoms with van der Waals surface area (Å²) in [6.45, 7) is 0. The fourth-order valence-electron chi connectivity index (χ4n) is 3.31. The fourth-order valence-corrected chi connectivity index (χ4v) is 4.88. The van der Waals surface area contributed by atoms with Crippen LogP contribution in [0.4, 0.5) is 5.69 Å². The summed E-state index contributed by atoms with van der Waals surface area (Å²) >= 11 is 31.0. The highest BCUT2D eigenvalue weighted by Crippen LogP contribution is 2.65. The van der Waals surface area contributed by atoms with Gasteiger partial charge in [0.25, 0.3) is 5.91 Å². The van der Waals surface area contributed by atoms with Gasteiger partial charge in [-0.3, -0.25) is 9.59 Å². The second kappa shape index (κ2) is 7.82. The molecule has 4 rings (SSSR count). The SMILES string of the molecule is O=C(NC1CC1)c1cc(NC(=O)[C@H]2[C@H](c3cc(Cl)cc(Cl)c3)C2(Cl)Cl)ccc1Cl. The van der Waals surface area contributed by atoms with Gasteiger partial charge in [0.1, 0.15) is 4.33 Å². The van der Waals surface area contributed by atoms with E-state index >= 15 is 0 Å². The molecule has 0 aromatic heterocycles. The van der Waals surface area contributed by atoms with E-state index in [1.807, 2.05) is 0 Å². The van der Waals surface area contributed by atoms with Crippen molar-refractivity contribution in [3.63, 3.8) is 0 Å². The Bertz CT molecular complexity index is 986. The molecule has 0 radical (unpaired) electrons. The minimum Gasteiger partial charge on any atom is -0.349 e. The van der Waals surface area contributed by atoms with Crippen molar-refractivity contribution in [3.05, 3.63) is 62.6 Å². The van der Waals surface area contributed by atoms with Crippen LogP contribution in [0, 0.1) is 5.92 Å². The van der Waals surface area contributed by atoms with E-state index in [0.717, 1.165) is 12.8 Å². The summed E-state index contributed by atoms with van der Waals surface area (Å²) in [4.78, 5) is 25.1. The van der Waals surface area contributed by atoms with E-state index in [9.17, 15) is 9.59 Å². The number of carbonyl (C=O) groups excluding carboxylic acids is 2. The van der Waals surface area contributed by atoms with Gasteiger partial charge in [0.15, 0.2) is 0 Å². The number of hydrogen-bond acceptors (Lipinski definition) is 2. The van der Waals surface area contributed by atoms with Crippen molar-refractivity contribution in [2.24, 2.45) is 5.92 Å². The molecule has 4 nitrogen and oxygen atoms in total. The van der Waals surface area contributed by atoms with Gasteiger partial charge in [0.2, 0.25) is 5.91 Å². The standard InChI is InChI=1S/C20H15Cl5N2O2/c21-10-5-9(6-11(22)7-10)16-17(20(16,24)25)19(29)27-13-3-4-15(23)14(8-13)18(28)26-12-1-2-12/h3-8,12,16-17H,1-2H2,(H,26,28)(H,27,29)/t16-,17+/m0/s1. The summed E-state index contributed by atoms with van der Waals surface area (Å²) in [6, 6.07) is 9.88. The van der Waals surface area contributed by atoms with Crippen molar-refractivity contribution in [2.75, 3.05) is 5.32 Å². The third kappa shape index (κ3) is 4.47. The van der Waals surface area contributed by atoms with Gasteiger partial charge in [0.05, 0.1) is 16.5 Å². The lowest BCUT2D eigenvalue weighted by Crippen LogP contribution is -2.26. The number of amides is 2. The van der Waals surface area contributed by atoms with Gasteiger partial charge in [0, 0.05) is 27.7 Å². The summed E-state index contributed by atoms with van der Waals surface area (Å²) in [6.07, 6.45) is 1.92. The van der Waals surface area contributed by atoms with Gasteiger partial charge in [-0.25, -0.2) is 0 Å². The number of anilines is 1. The average molecular weight is 493 g/mol. The highest BCUT2D eigenvalue weighted by atomic mass is 35.5. The third-order valence-corrected chi connectivity index (χ3v) is 6.68. The quantitative estimate of drug-likeness (QED) is 0.498. The van der Waals surface area contributed by atoms with Crippen LogP contribution in [0.2, 0.25) is 15.1 Å². The largest absolute Gasteiger partial charge is 0.349 e. The predicted octanol–water partition coefficient (Wildman–Crippen LogP) is 6.07. The summed E-state index contributed by atoms with van der Waals surface area (Å²) in [7, 11) is 0. The Labute approximate surface area is 192 Å². The van der Waals surface area contributed by atoms with Crippen LogP contribution < -0.4 is 10.6 Å². The molecule has 9 heteroatoms. The van der Waals surface area contributed by atoms with Crippen molar-refractivity contribution >= 4 is 75.5 Å². The van der Waals surface area contributed by atoms with Crippen molar-refractivity contribution in [3.8, 4) is 0 Å². The van der Waals surface area contributed by atoms with Crippen LogP contribution >= 0.6 is 58.0 Å². The first-order chi connectivity index (χ1) is 13.7. The first-order valence-corrected chi connectivity index (χ1v) is 10.8. The highest BCUT2D eigenvalue weighted by molar-refractivity contribution is 6.53. The van der Waals surface area contributed by atoms with E-state index in [-0.39, 0.29) is 17.9 Å². The molecule has 2 fully saturated rings. The molecule has 2 aliphatic rings. The van der Waals surface area contributed by atoms with Crippen LogP contribution in [0.3, 0.4) is 0 Å². The monoisotopic (exact) mass is 490 g/mol. The number of hydrogen-bond donors (Lipinski definition) is 2. The summed E-state index contributed by atoms with van der Waals surface area (Å²) in [5.41, 5.74) is 1.42. The molecule has 2 atom stereocenters. The number of halogens is 5. The van der Waals surface area contributed by atoms with Crippen molar-refractivity contribution in [2.45, 2.75) is 29.1 Å². The molecule has 0 aliphatic heterocycles. The topological polar surface area (TPSA) is 58.2 Å². The first kappa shape index (κ1) is 21.1. The van der Waals surface area contributed by atoms with Gasteiger partial charge >= 0.3 is 0 Å². The van der Waals surface area contributed by atoms with E-state index < -0.39 is 16.2 Å². The van der Waals surface area contributed by atoms with Crippen LogP contribution in [0.1, 0.15) is 34.7 Å². The molecular weight excluding hydrogens is 477 g/mol. The van der Waals surface area contributed by atoms with Crippen LogP contribution in [-0.2, 0) is 4.79 Å². The number of benzene rings is 2. The Morgan fingerprint density at radius 3 is 2.24 bits per heavy atom. The molecule has 2 aliphatic carbocycles. The van der Waals surface area contributed by atoms with E-state index in [4.69, 9.17) is 58.0 Å². The summed E-state index contributed by atoms with van der Waals surface area (Å²) in [5.74, 6) is -1.78. The highest BCUT2D eigenvalue weighted by Gasteiger charge is 2.67. The van der Waals surface area contributed by atoms with Crippen LogP contribution in [-0.4, -0.2) is 22.2 Å². The number of nitrogens with one attached hydrogen (secondary N) is 2. The van der Waals surface area contributed by atoms with Gasteiger partial charge in [-0.05, 0) is 54.8 Å². The molecule has 0 spiro atoms. The number of rotatable bonds is 5. The third-order valence-electron chi connectivity index (χ3n) is 4.97. The molecule has 2 aromatic rings. The van der Waals surface area contributed by atoms with E-state index in [2.05, 4.69) is 10.6 Å². The molecule has 0 unspecified atom stereocenters. The molecule has 2 N–H and O–H groups in total. The van der Waals surface area contributed by atoms with Crippen molar-refractivity contribution < 1.29 is 9.59 Å². The molecule has 0 heterocycles. The smallest absolute Gasteiger partial charge is 0.253 e. The maximum Gasteiger partial charge on any atom is 0.253 e. The lowest BCUT2D eigenvalue weighted by molar-refractivity contribution is -0.117. The summed E-state index contributed by atoms with van der Waals surface area (Å²) in [5, 5.41) is 6.82. The Balaban J connectivity index is 1.51. The van der Waals surface area contributed by atoms with Gasteiger partial charge in [-0.15, -0.1) is 23.2 Å². The second-order valence-corrected chi connectivity index (χ2v) is 9.99. The maximum absolute atomic E-state index is 12.8. The van der Waals surface area contributed by atoms with E-state index in [1.165, 1.54) is 6.07 Å². The summed E-state index contributed by atoms with van der Waals surface area (Å²) < 4.78 is -1.28. The minimum atomic E-state index is -1.28. The Morgan fingerprint density at radius 1 is 0.966 bits per heavy atom. The van der Waals surface area contributed by atoms with Crippen LogP contribution in [0.15, 0.2) is 36.4 Å². The number of alkyl halides is 2. The van der Waals surface area contributed by atoms with Crippen LogP contribution in [0.5, 0.6) is 0 Å². The average Bonchev–Trinajstić information content (AvgIpc) is 3.52. The molecule has 2 saturated carbocycles. The lowest BCUT2D eigenvalue weighted by Gasteiger charge is -2.10. The zero-order chi connectivity index (χ0) is 20.9. The van der Waals surface area contributed by atoms with Gasteiger partial charge < -0.3 is 10.6 Å². The second-order valence-electron chi connectivity index (χ2n) is 7.26. The molecular formula is C20H15Cl5N2O2. The molecule has 152 valence electrons. The Hall–Kier alpha value is -1.17. The van der Waals surface area contributed by atoms with Gasteiger partial charge in [-0.2, -0.15) is 0 Å². The molecule has 29 heavy (non-hydrogen) atoms. The first-order valence-electron chi connectivity index (χ1n) is 8.92. The Kier molecular flexibility index (Phi) is 5.69. The molecule has 2 amide bonds. The lowest BCUT2D eigenvalue weighted by atomic mass is 10.1. The van der Waals surface area contributed by atoms with Gasteiger partial charge in [-0.1, -0.05) is 34.8 Å². The van der Waals surface area contributed by atoms with E-state index in [0.29, 0.717) is 31.9 Å². The predicted molar refractivity (Wildman–Crippen MR) is 118 cm³/mol. The van der Waals surface area contributed by atoms with E-state index in [1.54, 1.807) is 30.3 Å². The van der Waals surface area contributed by atoms with Crippen molar-refractivity contribution in [1.29, 1.82) is 0 Å². The zero-order valence-corrected chi connectivity index (χ0v) is 18.6. The molecule has 0 saturated heterocycles. The zero-order valence-electron chi connectivity index (χ0n) is 14.8. The van der Waals surface area contributed by atoms with Crippen molar-refractivity contribution in [1.82, 2.24) is 5.32 Å².